The van der Waals surface area contributed by atoms with E-state index in [9.17, 15) is 4.79 Å². The van der Waals surface area contributed by atoms with E-state index in [1.807, 2.05) is 38.1 Å². The van der Waals surface area contributed by atoms with E-state index < -0.39 is 6.10 Å². The van der Waals surface area contributed by atoms with Crippen LogP contribution in [0.1, 0.15) is 50.8 Å². The maximum Gasteiger partial charge on any atom is 0.261 e. The Morgan fingerprint density at radius 1 is 1.11 bits per heavy atom. The van der Waals surface area contributed by atoms with Crippen LogP contribution >= 0.6 is 0 Å². The number of carbonyl (C=O) groups is 1. The first-order valence-corrected chi connectivity index (χ1v) is 10.3. The van der Waals surface area contributed by atoms with Crippen molar-refractivity contribution in [2.24, 2.45) is 5.92 Å². The van der Waals surface area contributed by atoms with Crippen molar-refractivity contribution >= 4 is 11.6 Å². The lowest BCUT2D eigenvalue weighted by Crippen LogP contribution is -2.37. The van der Waals surface area contributed by atoms with Crippen LogP contribution < -0.4 is 15.0 Å². The minimum atomic E-state index is -0.543. The molecule has 1 aliphatic rings. The number of amides is 1. The van der Waals surface area contributed by atoms with Gasteiger partial charge in [0.25, 0.3) is 5.91 Å². The molecule has 150 valence electrons. The van der Waals surface area contributed by atoms with Crippen molar-refractivity contribution in [2.45, 2.75) is 52.7 Å². The molecule has 2 aromatic rings. The van der Waals surface area contributed by atoms with Gasteiger partial charge in [-0.1, -0.05) is 31.2 Å². The molecule has 1 heterocycles. The molecular weight excluding hydrogens is 348 g/mol. The molecule has 4 nitrogen and oxygen atoms in total. The van der Waals surface area contributed by atoms with Gasteiger partial charge in [-0.05, 0) is 74.9 Å². The molecular formula is C24H32N2O2. The van der Waals surface area contributed by atoms with Gasteiger partial charge < -0.3 is 15.0 Å². The van der Waals surface area contributed by atoms with Crippen LogP contribution in [0.5, 0.6) is 5.75 Å². The van der Waals surface area contributed by atoms with Gasteiger partial charge in [-0.15, -0.1) is 0 Å². The fourth-order valence-electron chi connectivity index (χ4n) is 3.60. The molecule has 1 N–H and O–H groups in total. The second-order valence-corrected chi connectivity index (χ2v) is 8.07. The van der Waals surface area contributed by atoms with Gasteiger partial charge in [-0.3, -0.25) is 4.79 Å². The van der Waals surface area contributed by atoms with Crippen molar-refractivity contribution in [1.29, 1.82) is 0 Å². The number of carbonyl (C=O) groups excluding carboxylic acids is 1. The zero-order chi connectivity index (χ0) is 20.1. The first-order valence-electron chi connectivity index (χ1n) is 10.3. The standard InChI is InChI=1S/C24H32N2O2/c1-17-12-14-26(15-13-17)22-10-8-21(9-11-22)19(3)25-24(27)20(4)28-23-7-5-6-18(2)16-23/h5-11,16-17,19-20H,12-15H2,1-4H3,(H,25,27)/t19-,20+/m0/s1. The number of rotatable bonds is 6. The van der Waals surface area contributed by atoms with E-state index in [4.69, 9.17) is 4.74 Å². The van der Waals surface area contributed by atoms with Crippen LogP contribution in [0.4, 0.5) is 5.69 Å². The maximum absolute atomic E-state index is 12.5. The van der Waals surface area contributed by atoms with E-state index >= 15 is 0 Å². The van der Waals surface area contributed by atoms with Gasteiger partial charge in [0.15, 0.2) is 6.10 Å². The quantitative estimate of drug-likeness (QED) is 0.777. The topological polar surface area (TPSA) is 41.6 Å². The Labute approximate surface area is 168 Å². The van der Waals surface area contributed by atoms with Crippen molar-refractivity contribution in [3.8, 4) is 5.75 Å². The van der Waals surface area contributed by atoms with Crippen LogP contribution in [0, 0.1) is 12.8 Å². The van der Waals surface area contributed by atoms with Gasteiger partial charge in [0, 0.05) is 18.8 Å². The molecule has 0 unspecified atom stereocenters. The monoisotopic (exact) mass is 380 g/mol. The van der Waals surface area contributed by atoms with Gasteiger partial charge in [0.05, 0.1) is 6.04 Å². The van der Waals surface area contributed by atoms with Crippen LogP contribution in [0.15, 0.2) is 48.5 Å². The Balaban J connectivity index is 1.54. The molecule has 0 saturated carbocycles. The second-order valence-electron chi connectivity index (χ2n) is 8.07. The highest BCUT2D eigenvalue weighted by atomic mass is 16.5. The van der Waals surface area contributed by atoms with Crippen molar-refractivity contribution in [2.75, 3.05) is 18.0 Å². The molecule has 4 heteroatoms. The number of hydrogen-bond donors (Lipinski definition) is 1. The minimum absolute atomic E-state index is 0.0634. The van der Waals surface area contributed by atoms with Crippen LogP contribution in [0.2, 0.25) is 0 Å². The van der Waals surface area contributed by atoms with Crippen molar-refractivity contribution in [3.05, 3.63) is 59.7 Å². The van der Waals surface area contributed by atoms with E-state index in [2.05, 4.69) is 41.4 Å². The largest absolute Gasteiger partial charge is 0.481 e. The highest BCUT2D eigenvalue weighted by Crippen LogP contribution is 2.24. The summed E-state index contributed by atoms with van der Waals surface area (Å²) in [5.41, 5.74) is 3.48. The highest BCUT2D eigenvalue weighted by molar-refractivity contribution is 5.81. The Bertz CT molecular complexity index is 779. The van der Waals surface area contributed by atoms with Gasteiger partial charge >= 0.3 is 0 Å². The van der Waals surface area contributed by atoms with Crippen LogP contribution in [0.25, 0.3) is 0 Å². The number of nitrogens with one attached hydrogen (secondary N) is 1. The van der Waals surface area contributed by atoms with Gasteiger partial charge in [0.1, 0.15) is 5.75 Å². The van der Waals surface area contributed by atoms with Gasteiger partial charge in [-0.2, -0.15) is 0 Å². The first-order chi connectivity index (χ1) is 13.4. The summed E-state index contributed by atoms with van der Waals surface area (Å²) in [6, 6.07) is 16.3. The number of benzene rings is 2. The lowest BCUT2D eigenvalue weighted by molar-refractivity contribution is -0.127. The molecule has 0 bridgehead atoms. The van der Waals surface area contributed by atoms with E-state index in [1.54, 1.807) is 6.92 Å². The van der Waals surface area contributed by atoms with Gasteiger partial charge in [0.2, 0.25) is 0 Å². The second kappa shape index (κ2) is 9.13. The first kappa shape index (κ1) is 20.2. The molecule has 0 radical (unpaired) electrons. The van der Waals surface area contributed by atoms with Crippen molar-refractivity contribution in [3.63, 3.8) is 0 Å². The molecule has 28 heavy (non-hydrogen) atoms. The summed E-state index contributed by atoms with van der Waals surface area (Å²) in [4.78, 5) is 15.0. The fraction of sp³-hybridized carbons (Fsp3) is 0.458. The summed E-state index contributed by atoms with van der Waals surface area (Å²) in [7, 11) is 0. The zero-order valence-corrected chi connectivity index (χ0v) is 17.4. The third-order valence-electron chi connectivity index (χ3n) is 5.57. The van der Waals surface area contributed by atoms with Crippen LogP contribution in [-0.4, -0.2) is 25.1 Å². The highest BCUT2D eigenvalue weighted by Gasteiger charge is 2.19. The van der Waals surface area contributed by atoms with Crippen LogP contribution in [-0.2, 0) is 4.79 Å². The van der Waals surface area contributed by atoms with E-state index in [-0.39, 0.29) is 11.9 Å². The van der Waals surface area contributed by atoms with Crippen molar-refractivity contribution in [1.82, 2.24) is 5.32 Å². The average Bonchev–Trinajstić information content (AvgIpc) is 2.68. The molecule has 2 aromatic carbocycles. The Hall–Kier alpha value is -2.49. The molecule has 1 saturated heterocycles. The lowest BCUT2D eigenvalue weighted by Gasteiger charge is -2.32. The minimum Gasteiger partial charge on any atom is -0.481 e. The lowest BCUT2D eigenvalue weighted by atomic mass is 9.98. The number of anilines is 1. The summed E-state index contributed by atoms with van der Waals surface area (Å²) in [5.74, 6) is 1.44. The molecule has 3 rings (SSSR count). The number of ether oxygens (including phenoxy) is 1. The normalized spacial score (nSPS) is 17.1. The van der Waals surface area contributed by atoms with Crippen LogP contribution in [0.3, 0.4) is 0 Å². The Kier molecular flexibility index (Phi) is 6.61. The van der Waals surface area contributed by atoms with Gasteiger partial charge in [-0.25, -0.2) is 0 Å². The summed E-state index contributed by atoms with van der Waals surface area (Å²) in [6.07, 6.45) is 1.97. The molecule has 0 aliphatic carbocycles. The third kappa shape index (κ3) is 5.28. The zero-order valence-electron chi connectivity index (χ0n) is 17.4. The smallest absolute Gasteiger partial charge is 0.261 e. The number of hydrogen-bond acceptors (Lipinski definition) is 3. The molecule has 0 aromatic heterocycles. The molecule has 1 fully saturated rings. The summed E-state index contributed by atoms with van der Waals surface area (Å²) >= 11 is 0. The predicted octanol–water partition coefficient (Wildman–Crippen LogP) is 4.88. The molecule has 2 atom stereocenters. The summed E-state index contributed by atoms with van der Waals surface area (Å²) < 4.78 is 5.78. The SMILES string of the molecule is Cc1cccc(O[C@H](C)C(=O)N[C@@H](C)c2ccc(N3CCC(C)CC3)cc2)c1. The number of aryl methyl sites for hydroxylation is 1. The molecule has 0 spiro atoms. The predicted molar refractivity (Wildman–Crippen MR) is 115 cm³/mol. The van der Waals surface area contributed by atoms with Crippen molar-refractivity contribution < 1.29 is 9.53 Å². The fourth-order valence-corrected chi connectivity index (χ4v) is 3.60. The Morgan fingerprint density at radius 3 is 2.43 bits per heavy atom. The molecule has 1 aliphatic heterocycles. The number of piperidine rings is 1. The average molecular weight is 381 g/mol. The summed E-state index contributed by atoms with van der Waals surface area (Å²) in [6.45, 7) is 10.4. The van der Waals surface area contributed by atoms with E-state index in [0.717, 1.165) is 35.9 Å². The third-order valence-corrected chi connectivity index (χ3v) is 5.57. The van der Waals surface area contributed by atoms with E-state index in [0.29, 0.717) is 0 Å². The maximum atomic E-state index is 12.5. The Morgan fingerprint density at radius 2 is 1.79 bits per heavy atom. The molecule has 1 amide bonds. The van der Waals surface area contributed by atoms with E-state index in [1.165, 1.54) is 18.5 Å². The number of nitrogens with zero attached hydrogens (tertiary/aromatic N) is 1. The summed E-state index contributed by atoms with van der Waals surface area (Å²) in [5, 5.41) is 3.06.